The Hall–Kier alpha value is -2.57. The summed E-state index contributed by atoms with van der Waals surface area (Å²) in [5, 5.41) is 13.7. The van der Waals surface area contributed by atoms with Gasteiger partial charge in [-0.2, -0.15) is 0 Å². The monoisotopic (exact) mass is 294 g/mol. The molecule has 0 bridgehead atoms. The summed E-state index contributed by atoms with van der Waals surface area (Å²) in [5.41, 5.74) is 1.13. The standard InChI is InChI=1S/C14H18N2O5/c1-2-21-12(17)9-16-14(20)15-8-7-10-3-5-11(6-4-10)13(18)19/h3-6H,2,7-9H2,1H3,(H,18,19)(H2,15,16,20). The van der Waals surface area contributed by atoms with Crippen LogP contribution in [0.2, 0.25) is 0 Å². The molecule has 1 aromatic rings. The number of ether oxygens (including phenoxy) is 1. The van der Waals surface area contributed by atoms with Crippen LogP contribution in [0, 0.1) is 0 Å². The van der Waals surface area contributed by atoms with Crippen LogP contribution < -0.4 is 10.6 Å². The van der Waals surface area contributed by atoms with Crippen LogP contribution in [0.5, 0.6) is 0 Å². The summed E-state index contributed by atoms with van der Waals surface area (Å²) >= 11 is 0. The number of hydrogen-bond donors (Lipinski definition) is 3. The molecule has 0 spiro atoms. The van der Waals surface area contributed by atoms with Crippen molar-refractivity contribution >= 4 is 18.0 Å². The predicted molar refractivity (Wildman–Crippen MR) is 75.1 cm³/mol. The van der Waals surface area contributed by atoms with Gasteiger partial charge in [0.05, 0.1) is 12.2 Å². The van der Waals surface area contributed by atoms with E-state index in [-0.39, 0.29) is 18.7 Å². The normalized spacial score (nSPS) is 9.76. The van der Waals surface area contributed by atoms with Gasteiger partial charge in [0.2, 0.25) is 0 Å². The van der Waals surface area contributed by atoms with Gasteiger partial charge in [-0.15, -0.1) is 0 Å². The molecule has 1 aromatic carbocycles. The highest BCUT2D eigenvalue weighted by molar-refractivity contribution is 5.87. The van der Waals surface area contributed by atoms with Gasteiger partial charge < -0.3 is 20.5 Å². The average molecular weight is 294 g/mol. The van der Waals surface area contributed by atoms with E-state index in [1.807, 2.05) is 0 Å². The number of nitrogens with one attached hydrogen (secondary N) is 2. The lowest BCUT2D eigenvalue weighted by molar-refractivity contribution is -0.141. The van der Waals surface area contributed by atoms with E-state index in [0.717, 1.165) is 5.56 Å². The molecule has 0 saturated carbocycles. The number of carboxylic acid groups (broad SMARTS) is 1. The molecular formula is C14H18N2O5. The minimum Gasteiger partial charge on any atom is -0.478 e. The van der Waals surface area contributed by atoms with Crippen molar-refractivity contribution < 1.29 is 24.2 Å². The molecule has 0 heterocycles. The molecule has 0 unspecified atom stereocenters. The summed E-state index contributed by atoms with van der Waals surface area (Å²) < 4.78 is 4.67. The lowest BCUT2D eigenvalue weighted by Crippen LogP contribution is -2.39. The first-order valence-corrected chi connectivity index (χ1v) is 6.52. The van der Waals surface area contributed by atoms with E-state index in [1.54, 1.807) is 19.1 Å². The second-order valence-corrected chi connectivity index (χ2v) is 4.17. The van der Waals surface area contributed by atoms with Gasteiger partial charge in [-0.3, -0.25) is 4.79 Å². The molecule has 0 aliphatic rings. The average Bonchev–Trinajstić information content (AvgIpc) is 2.46. The van der Waals surface area contributed by atoms with Crippen LogP contribution in [0.25, 0.3) is 0 Å². The van der Waals surface area contributed by atoms with Crippen molar-refractivity contribution in [1.82, 2.24) is 10.6 Å². The first-order valence-electron chi connectivity index (χ1n) is 6.52. The zero-order valence-corrected chi connectivity index (χ0v) is 11.7. The number of esters is 1. The lowest BCUT2D eigenvalue weighted by atomic mass is 10.1. The molecule has 7 heteroatoms. The highest BCUT2D eigenvalue weighted by Gasteiger charge is 2.05. The van der Waals surface area contributed by atoms with Crippen molar-refractivity contribution in [2.24, 2.45) is 0 Å². The number of aromatic carboxylic acids is 1. The van der Waals surface area contributed by atoms with Gasteiger partial charge in [-0.25, -0.2) is 9.59 Å². The van der Waals surface area contributed by atoms with Gasteiger partial charge >= 0.3 is 18.0 Å². The third-order valence-electron chi connectivity index (χ3n) is 2.60. The SMILES string of the molecule is CCOC(=O)CNC(=O)NCCc1ccc(C(=O)O)cc1. The van der Waals surface area contributed by atoms with Gasteiger partial charge in [0.25, 0.3) is 0 Å². The summed E-state index contributed by atoms with van der Waals surface area (Å²) in [6, 6.07) is 5.96. The summed E-state index contributed by atoms with van der Waals surface area (Å²) in [7, 11) is 0. The maximum atomic E-state index is 11.4. The summed E-state index contributed by atoms with van der Waals surface area (Å²) in [4.78, 5) is 33.1. The Morgan fingerprint density at radius 3 is 2.38 bits per heavy atom. The fraction of sp³-hybridized carbons (Fsp3) is 0.357. The van der Waals surface area contributed by atoms with Crippen molar-refractivity contribution in [1.29, 1.82) is 0 Å². The van der Waals surface area contributed by atoms with Crippen molar-refractivity contribution in [2.75, 3.05) is 19.7 Å². The number of urea groups is 1. The summed E-state index contributed by atoms with van der Waals surface area (Å²) in [6.45, 7) is 2.16. The highest BCUT2D eigenvalue weighted by atomic mass is 16.5. The van der Waals surface area contributed by atoms with Gasteiger partial charge in [-0.05, 0) is 31.0 Å². The summed E-state index contributed by atoms with van der Waals surface area (Å²) in [5.74, 6) is -1.46. The second kappa shape index (κ2) is 8.57. The zero-order valence-electron chi connectivity index (χ0n) is 11.7. The van der Waals surface area contributed by atoms with E-state index in [0.29, 0.717) is 13.0 Å². The Balaban J connectivity index is 2.25. The third kappa shape index (κ3) is 6.42. The van der Waals surface area contributed by atoms with E-state index < -0.39 is 18.0 Å². The third-order valence-corrected chi connectivity index (χ3v) is 2.60. The Morgan fingerprint density at radius 1 is 1.14 bits per heavy atom. The van der Waals surface area contributed by atoms with Crippen molar-refractivity contribution in [3.8, 4) is 0 Å². The molecule has 7 nitrogen and oxygen atoms in total. The minimum absolute atomic E-state index is 0.174. The van der Waals surface area contributed by atoms with E-state index in [1.165, 1.54) is 12.1 Å². The molecule has 0 aromatic heterocycles. The molecule has 2 amide bonds. The fourth-order valence-electron chi connectivity index (χ4n) is 1.56. The van der Waals surface area contributed by atoms with Crippen molar-refractivity contribution in [2.45, 2.75) is 13.3 Å². The van der Waals surface area contributed by atoms with Gasteiger partial charge in [-0.1, -0.05) is 12.1 Å². The number of hydrogen-bond acceptors (Lipinski definition) is 4. The van der Waals surface area contributed by atoms with Crippen molar-refractivity contribution in [3.63, 3.8) is 0 Å². The van der Waals surface area contributed by atoms with E-state index in [9.17, 15) is 14.4 Å². The minimum atomic E-state index is -0.974. The topological polar surface area (TPSA) is 105 Å². The number of amides is 2. The Labute approximate surface area is 122 Å². The van der Waals surface area contributed by atoms with Crippen LogP contribution >= 0.6 is 0 Å². The number of rotatable bonds is 7. The van der Waals surface area contributed by atoms with E-state index in [2.05, 4.69) is 15.4 Å². The van der Waals surface area contributed by atoms with E-state index in [4.69, 9.17) is 5.11 Å². The molecule has 0 aliphatic carbocycles. The zero-order chi connectivity index (χ0) is 15.7. The van der Waals surface area contributed by atoms with Crippen LogP contribution in [0.4, 0.5) is 4.79 Å². The smallest absolute Gasteiger partial charge is 0.335 e. The fourth-order valence-corrected chi connectivity index (χ4v) is 1.56. The molecule has 114 valence electrons. The lowest BCUT2D eigenvalue weighted by Gasteiger charge is -2.07. The maximum Gasteiger partial charge on any atom is 0.335 e. The molecular weight excluding hydrogens is 276 g/mol. The molecule has 3 N–H and O–H groups in total. The van der Waals surface area contributed by atoms with Crippen LogP contribution in [-0.2, 0) is 16.0 Å². The number of carboxylic acids is 1. The van der Waals surface area contributed by atoms with E-state index >= 15 is 0 Å². The number of carbonyl (C=O) groups excluding carboxylic acids is 2. The van der Waals surface area contributed by atoms with Gasteiger partial charge in [0.1, 0.15) is 6.54 Å². The molecule has 0 fully saturated rings. The first kappa shape index (κ1) is 16.5. The Kier molecular flexibility index (Phi) is 6.73. The first-order chi connectivity index (χ1) is 10.0. The Morgan fingerprint density at radius 2 is 1.81 bits per heavy atom. The molecule has 0 atom stereocenters. The highest BCUT2D eigenvalue weighted by Crippen LogP contribution is 2.04. The maximum absolute atomic E-state index is 11.4. The predicted octanol–water partition coefficient (Wildman–Crippen LogP) is 0.790. The second-order valence-electron chi connectivity index (χ2n) is 4.17. The summed E-state index contributed by atoms with van der Waals surface area (Å²) in [6.07, 6.45) is 0.562. The molecule has 0 radical (unpaired) electrons. The largest absolute Gasteiger partial charge is 0.478 e. The van der Waals surface area contributed by atoms with Gasteiger partial charge in [0.15, 0.2) is 0 Å². The molecule has 1 rings (SSSR count). The molecule has 0 aliphatic heterocycles. The Bertz CT molecular complexity index is 499. The number of carbonyl (C=O) groups is 3. The van der Waals surface area contributed by atoms with Crippen LogP contribution in [0.1, 0.15) is 22.8 Å². The van der Waals surface area contributed by atoms with Crippen molar-refractivity contribution in [3.05, 3.63) is 35.4 Å². The molecule has 21 heavy (non-hydrogen) atoms. The van der Waals surface area contributed by atoms with Crippen LogP contribution in [0.15, 0.2) is 24.3 Å². The molecule has 0 saturated heterocycles. The van der Waals surface area contributed by atoms with Crippen LogP contribution in [0.3, 0.4) is 0 Å². The number of benzene rings is 1. The quantitative estimate of drug-likeness (QED) is 0.645. The van der Waals surface area contributed by atoms with Gasteiger partial charge in [0, 0.05) is 6.54 Å². The van der Waals surface area contributed by atoms with Crippen LogP contribution in [-0.4, -0.2) is 42.8 Å².